The van der Waals surface area contributed by atoms with Gasteiger partial charge in [-0.05, 0) is 30.8 Å². The van der Waals surface area contributed by atoms with Crippen molar-refractivity contribution in [3.63, 3.8) is 0 Å². The molecule has 74 valence electrons. The number of imidazole rings is 1. The molecule has 0 aliphatic heterocycles. The van der Waals surface area contributed by atoms with Crippen LogP contribution < -0.4 is 0 Å². The fraction of sp³-hybridized carbons (Fsp3) is 0.300. The Bertz CT molecular complexity index is 464. The maximum absolute atomic E-state index is 4.98. The van der Waals surface area contributed by atoms with Crippen LogP contribution in [0.25, 0.3) is 10.6 Å². The van der Waals surface area contributed by atoms with Crippen molar-refractivity contribution < 1.29 is 0 Å². The van der Waals surface area contributed by atoms with E-state index in [2.05, 4.69) is 29.0 Å². The van der Waals surface area contributed by atoms with Crippen molar-refractivity contribution in [3.05, 3.63) is 28.0 Å². The summed E-state index contributed by atoms with van der Waals surface area (Å²) in [4.78, 5) is 8.78. The molecule has 2 rings (SSSR count). The summed E-state index contributed by atoms with van der Waals surface area (Å²) in [7, 11) is 0. The average molecular weight is 224 g/mol. The van der Waals surface area contributed by atoms with Gasteiger partial charge in [-0.3, -0.25) is 0 Å². The van der Waals surface area contributed by atoms with Crippen LogP contribution in [0, 0.1) is 4.77 Å². The average Bonchev–Trinajstić information content (AvgIpc) is 2.74. The predicted octanol–water partition coefficient (Wildman–Crippen LogP) is 3.75. The lowest BCUT2D eigenvalue weighted by Crippen LogP contribution is -1.72. The highest BCUT2D eigenvalue weighted by molar-refractivity contribution is 7.71. The number of thiophene rings is 1. The summed E-state index contributed by atoms with van der Waals surface area (Å²) < 4.78 is 0.686. The molecule has 0 unspecified atom stereocenters. The van der Waals surface area contributed by atoms with E-state index in [1.165, 1.54) is 16.2 Å². The van der Waals surface area contributed by atoms with E-state index in [0.717, 1.165) is 12.1 Å². The Morgan fingerprint density at radius 1 is 1.43 bits per heavy atom. The summed E-state index contributed by atoms with van der Waals surface area (Å²) in [5.74, 6) is 0. The van der Waals surface area contributed by atoms with Crippen LogP contribution >= 0.6 is 23.6 Å². The molecule has 14 heavy (non-hydrogen) atoms. The maximum Gasteiger partial charge on any atom is 0.174 e. The number of aromatic amines is 2. The lowest BCUT2D eigenvalue weighted by Gasteiger charge is -1.90. The molecule has 2 nitrogen and oxygen atoms in total. The molecule has 2 aromatic rings. The second-order valence-electron chi connectivity index (χ2n) is 3.17. The number of nitrogens with one attached hydrogen (secondary N) is 2. The largest absolute Gasteiger partial charge is 0.337 e. The first-order valence-corrected chi connectivity index (χ1v) is 5.89. The number of aryl methyl sites for hydroxylation is 1. The van der Waals surface area contributed by atoms with Gasteiger partial charge in [0.1, 0.15) is 0 Å². The first-order chi connectivity index (χ1) is 6.79. The van der Waals surface area contributed by atoms with Crippen molar-refractivity contribution in [2.24, 2.45) is 0 Å². The van der Waals surface area contributed by atoms with Crippen molar-refractivity contribution in [3.8, 4) is 10.6 Å². The van der Waals surface area contributed by atoms with E-state index in [-0.39, 0.29) is 0 Å². The summed E-state index contributed by atoms with van der Waals surface area (Å²) in [6, 6.07) is 4.33. The second kappa shape index (κ2) is 4.11. The molecule has 0 saturated carbocycles. The minimum absolute atomic E-state index is 0.686. The summed E-state index contributed by atoms with van der Waals surface area (Å²) in [5.41, 5.74) is 1.09. The number of hydrogen-bond donors (Lipinski definition) is 2. The zero-order chi connectivity index (χ0) is 9.97. The summed E-state index contributed by atoms with van der Waals surface area (Å²) >= 11 is 6.81. The maximum atomic E-state index is 4.98. The Morgan fingerprint density at radius 2 is 2.29 bits per heavy atom. The van der Waals surface area contributed by atoms with Gasteiger partial charge in [-0.2, -0.15) is 0 Å². The Labute approximate surface area is 92.0 Å². The number of hydrogen-bond acceptors (Lipinski definition) is 2. The van der Waals surface area contributed by atoms with Crippen molar-refractivity contribution in [1.82, 2.24) is 9.97 Å². The molecule has 0 aliphatic rings. The third-order valence-corrected chi connectivity index (χ3v) is 3.42. The van der Waals surface area contributed by atoms with Gasteiger partial charge >= 0.3 is 0 Å². The SMILES string of the molecule is CCCc1ccc(-c2c[nH]c(=S)[nH]2)s1. The lowest BCUT2D eigenvalue weighted by molar-refractivity contribution is 0.940. The third-order valence-electron chi connectivity index (χ3n) is 2.02. The van der Waals surface area contributed by atoms with Crippen LogP contribution in [-0.2, 0) is 6.42 Å². The summed E-state index contributed by atoms with van der Waals surface area (Å²) in [6.45, 7) is 2.20. The van der Waals surface area contributed by atoms with Crippen LogP contribution in [0.3, 0.4) is 0 Å². The van der Waals surface area contributed by atoms with Gasteiger partial charge in [0, 0.05) is 11.1 Å². The zero-order valence-corrected chi connectivity index (χ0v) is 9.60. The second-order valence-corrected chi connectivity index (χ2v) is 4.75. The van der Waals surface area contributed by atoms with Gasteiger partial charge in [0.2, 0.25) is 0 Å². The van der Waals surface area contributed by atoms with Crippen LogP contribution in [0.1, 0.15) is 18.2 Å². The summed E-state index contributed by atoms with van der Waals surface area (Å²) in [5, 5.41) is 0. The molecule has 0 saturated heterocycles. The molecule has 0 fully saturated rings. The highest BCUT2D eigenvalue weighted by atomic mass is 32.1. The smallest absolute Gasteiger partial charge is 0.174 e. The highest BCUT2D eigenvalue weighted by Gasteiger charge is 2.02. The Kier molecular flexibility index (Phi) is 2.84. The molecule has 2 heterocycles. The molecule has 4 heteroatoms. The van der Waals surface area contributed by atoms with E-state index >= 15 is 0 Å². The Balaban J connectivity index is 2.28. The van der Waals surface area contributed by atoms with E-state index in [9.17, 15) is 0 Å². The van der Waals surface area contributed by atoms with Crippen LogP contribution in [0.4, 0.5) is 0 Å². The topological polar surface area (TPSA) is 31.6 Å². The number of rotatable bonds is 3. The first kappa shape index (κ1) is 9.68. The standard InChI is InChI=1S/C10H12N2S2/c1-2-3-7-4-5-9(14-7)8-6-11-10(13)12-8/h4-6H,2-3H2,1H3,(H2,11,12,13). The van der Waals surface area contributed by atoms with Crippen molar-refractivity contribution in [2.45, 2.75) is 19.8 Å². The number of H-pyrrole nitrogens is 2. The number of aromatic nitrogens is 2. The molecule has 2 N–H and O–H groups in total. The van der Waals surface area contributed by atoms with Gasteiger partial charge in [0.05, 0.1) is 10.6 Å². The van der Waals surface area contributed by atoms with Gasteiger partial charge < -0.3 is 9.97 Å². The van der Waals surface area contributed by atoms with Crippen molar-refractivity contribution in [1.29, 1.82) is 0 Å². The molecule has 0 radical (unpaired) electrons. The molecule has 0 atom stereocenters. The molecule has 0 bridgehead atoms. The Morgan fingerprint density at radius 3 is 2.93 bits per heavy atom. The molecule has 0 aliphatic carbocycles. The van der Waals surface area contributed by atoms with E-state index in [1.807, 2.05) is 17.5 Å². The predicted molar refractivity (Wildman–Crippen MR) is 63.3 cm³/mol. The van der Waals surface area contributed by atoms with Crippen molar-refractivity contribution in [2.75, 3.05) is 0 Å². The highest BCUT2D eigenvalue weighted by Crippen LogP contribution is 2.26. The van der Waals surface area contributed by atoms with E-state index in [0.29, 0.717) is 4.77 Å². The van der Waals surface area contributed by atoms with Crippen LogP contribution in [0.5, 0.6) is 0 Å². The van der Waals surface area contributed by atoms with E-state index < -0.39 is 0 Å². The molecule has 2 aromatic heterocycles. The van der Waals surface area contributed by atoms with E-state index in [4.69, 9.17) is 12.2 Å². The van der Waals surface area contributed by atoms with Gasteiger partial charge in [-0.1, -0.05) is 13.3 Å². The van der Waals surface area contributed by atoms with Gasteiger partial charge in [-0.25, -0.2) is 0 Å². The fourth-order valence-corrected chi connectivity index (χ4v) is 2.62. The fourth-order valence-electron chi connectivity index (χ4n) is 1.37. The lowest BCUT2D eigenvalue weighted by atomic mass is 10.3. The van der Waals surface area contributed by atoms with Crippen LogP contribution in [-0.4, -0.2) is 9.97 Å². The Hall–Kier alpha value is -0.870. The third kappa shape index (κ3) is 1.96. The van der Waals surface area contributed by atoms with Crippen LogP contribution in [0.15, 0.2) is 18.3 Å². The van der Waals surface area contributed by atoms with Crippen LogP contribution in [0.2, 0.25) is 0 Å². The monoisotopic (exact) mass is 224 g/mol. The molecular weight excluding hydrogens is 212 g/mol. The molecule has 0 spiro atoms. The minimum atomic E-state index is 0.686. The first-order valence-electron chi connectivity index (χ1n) is 4.66. The van der Waals surface area contributed by atoms with Gasteiger partial charge in [0.25, 0.3) is 0 Å². The normalized spacial score (nSPS) is 10.6. The quantitative estimate of drug-likeness (QED) is 0.764. The molecular formula is C10H12N2S2. The van der Waals surface area contributed by atoms with E-state index in [1.54, 1.807) is 0 Å². The van der Waals surface area contributed by atoms with Gasteiger partial charge in [0.15, 0.2) is 4.77 Å². The minimum Gasteiger partial charge on any atom is -0.337 e. The zero-order valence-electron chi connectivity index (χ0n) is 7.96. The molecule has 0 amide bonds. The van der Waals surface area contributed by atoms with Gasteiger partial charge in [-0.15, -0.1) is 11.3 Å². The summed E-state index contributed by atoms with van der Waals surface area (Å²) in [6.07, 6.45) is 4.28. The van der Waals surface area contributed by atoms with Crippen molar-refractivity contribution >= 4 is 23.6 Å². The molecule has 0 aromatic carbocycles.